The highest BCUT2D eigenvalue weighted by Crippen LogP contribution is 2.29. The third-order valence-electron chi connectivity index (χ3n) is 7.39. The highest BCUT2D eigenvalue weighted by molar-refractivity contribution is 7.80. The first-order valence-corrected chi connectivity index (χ1v) is 12.3. The highest BCUT2D eigenvalue weighted by atomic mass is 32.1. The molecule has 0 radical (unpaired) electrons. The number of Topliss-reactive ketones (excluding diaryl/α,β-unsaturated/α-hetero) is 1. The van der Waals surface area contributed by atoms with Crippen LogP contribution in [0.25, 0.3) is 0 Å². The fourth-order valence-electron chi connectivity index (χ4n) is 5.62. The van der Waals surface area contributed by atoms with Crippen LogP contribution in [-0.2, 0) is 22.4 Å². The molecule has 4 rings (SSSR count). The number of carbonyl (C=O) groups is 2. The second-order valence-corrected chi connectivity index (χ2v) is 9.93. The van der Waals surface area contributed by atoms with Gasteiger partial charge in [-0.25, -0.2) is 0 Å². The Morgan fingerprint density at radius 3 is 2.77 bits per heavy atom. The SMILES string of the molecule is O=C(CCCC[C@H]1CCc2ccccc2C1)C1C(=S)CN[C@@H]1C(=O)N1CCC[C@H]1CO. The number of fused-ring (bicyclic) bond motifs is 1. The van der Waals surface area contributed by atoms with Gasteiger partial charge in [-0.2, -0.15) is 0 Å². The van der Waals surface area contributed by atoms with Gasteiger partial charge in [0.15, 0.2) is 0 Å². The summed E-state index contributed by atoms with van der Waals surface area (Å²) in [6, 6.07) is 8.06. The number of benzene rings is 1. The van der Waals surface area contributed by atoms with E-state index in [1.54, 1.807) is 4.90 Å². The van der Waals surface area contributed by atoms with E-state index in [9.17, 15) is 14.7 Å². The van der Waals surface area contributed by atoms with Gasteiger partial charge in [-0.15, -0.1) is 0 Å². The molecular formula is C25H34N2O3S. The number of likely N-dealkylation sites (tertiary alicyclic amines) is 1. The summed E-state index contributed by atoms with van der Waals surface area (Å²) < 4.78 is 0. The predicted molar refractivity (Wildman–Crippen MR) is 125 cm³/mol. The Kier molecular flexibility index (Phi) is 7.51. The van der Waals surface area contributed by atoms with E-state index < -0.39 is 12.0 Å². The molecule has 3 aliphatic rings. The number of hydrogen-bond donors (Lipinski definition) is 2. The van der Waals surface area contributed by atoms with Crippen molar-refractivity contribution < 1.29 is 14.7 Å². The first-order valence-electron chi connectivity index (χ1n) is 11.9. The van der Waals surface area contributed by atoms with Crippen LogP contribution >= 0.6 is 12.2 Å². The summed E-state index contributed by atoms with van der Waals surface area (Å²) in [5.74, 6) is 0.237. The normalized spacial score (nSPS) is 28.0. The molecule has 0 bridgehead atoms. The molecule has 2 saturated heterocycles. The van der Waals surface area contributed by atoms with E-state index in [1.807, 2.05) is 0 Å². The molecule has 2 heterocycles. The number of ketones is 1. The van der Waals surface area contributed by atoms with Gasteiger partial charge in [-0.3, -0.25) is 9.59 Å². The van der Waals surface area contributed by atoms with Gasteiger partial charge in [0.05, 0.1) is 18.6 Å². The Morgan fingerprint density at radius 2 is 1.97 bits per heavy atom. The zero-order valence-electron chi connectivity index (χ0n) is 18.2. The molecule has 0 aromatic heterocycles. The Morgan fingerprint density at radius 1 is 1.16 bits per heavy atom. The summed E-state index contributed by atoms with van der Waals surface area (Å²) >= 11 is 5.46. The van der Waals surface area contributed by atoms with E-state index >= 15 is 0 Å². The molecule has 1 unspecified atom stereocenters. The number of carbonyl (C=O) groups excluding carboxylic acids is 2. The molecule has 0 saturated carbocycles. The zero-order chi connectivity index (χ0) is 21.8. The van der Waals surface area contributed by atoms with Crippen LogP contribution in [0.3, 0.4) is 0 Å². The smallest absolute Gasteiger partial charge is 0.241 e. The van der Waals surface area contributed by atoms with Gasteiger partial charge in [-0.1, -0.05) is 49.3 Å². The fraction of sp³-hybridized carbons (Fsp3) is 0.640. The Labute approximate surface area is 190 Å². The maximum absolute atomic E-state index is 13.1. The third-order valence-corrected chi connectivity index (χ3v) is 7.79. The lowest BCUT2D eigenvalue weighted by atomic mass is 9.81. The van der Waals surface area contributed by atoms with Crippen LogP contribution in [-0.4, -0.2) is 58.3 Å². The van der Waals surface area contributed by atoms with Gasteiger partial charge in [0, 0.05) is 24.4 Å². The molecule has 2 aliphatic heterocycles. The zero-order valence-corrected chi connectivity index (χ0v) is 19.0. The van der Waals surface area contributed by atoms with Crippen molar-refractivity contribution in [1.82, 2.24) is 10.2 Å². The van der Waals surface area contributed by atoms with E-state index in [0.717, 1.165) is 44.9 Å². The molecule has 5 nitrogen and oxygen atoms in total. The second kappa shape index (κ2) is 10.3. The van der Waals surface area contributed by atoms with Gasteiger partial charge >= 0.3 is 0 Å². The number of aryl methyl sites for hydroxylation is 1. The van der Waals surface area contributed by atoms with Crippen molar-refractivity contribution in [3.63, 3.8) is 0 Å². The third kappa shape index (κ3) is 5.07. The molecule has 1 aromatic rings. The maximum Gasteiger partial charge on any atom is 0.241 e. The van der Waals surface area contributed by atoms with Crippen LogP contribution in [0.4, 0.5) is 0 Å². The van der Waals surface area contributed by atoms with E-state index in [1.165, 1.54) is 17.5 Å². The molecule has 4 atom stereocenters. The number of aliphatic hydroxyl groups is 1. The number of amides is 1. The molecule has 2 N–H and O–H groups in total. The number of hydrogen-bond acceptors (Lipinski definition) is 5. The minimum Gasteiger partial charge on any atom is -0.394 e. The van der Waals surface area contributed by atoms with Gasteiger partial charge in [0.2, 0.25) is 5.91 Å². The summed E-state index contributed by atoms with van der Waals surface area (Å²) in [5, 5.41) is 12.7. The summed E-state index contributed by atoms with van der Waals surface area (Å²) in [5.41, 5.74) is 2.98. The largest absolute Gasteiger partial charge is 0.394 e. The first-order chi connectivity index (χ1) is 15.1. The number of rotatable bonds is 8. The van der Waals surface area contributed by atoms with E-state index in [2.05, 4.69) is 29.6 Å². The molecule has 2 fully saturated rings. The Balaban J connectivity index is 1.25. The quantitative estimate of drug-likeness (QED) is 0.479. The van der Waals surface area contributed by atoms with Gasteiger partial charge in [0.25, 0.3) is 0 Å². The van der Waals surface area contributed by atoms with Crippen LogP contribution < -0.4 is 5.32 Å². The van der Waals surface area contributed by atoms with Crippen LogP contribution in [0.1, 0.15) is 56.1 Å². The van der Waals surface area contributed by atoms with Crippen molar-refractivity contribution in [2.75, 3.05) is 19.7 Å². The van der Waals surface area contributed by atoms with Crippen molar-refractivity contribution in [3.05, 3.63) is 35.4 Å². The van der Waals surface area contributed by atoms with Gasteiger partial charge in [-0.05, 0) is 55.6 Å². The molecular weight excluding hydrogens is 408 g/mol. The molecule has 168 valence electrons. The van der Waals surface area contributed by atoms with Crippen molar-refractivity contribution in [1.29, 1.82) is 0 Å². The number of nitrogens with one attached hydrogen (secondary N) is 1. The summed E-state index contributed by atoms with van der Waals surface area (Å²) in [7, 11) is 0. The standard InChI is InChI=1S/C25H34N2O3S/c28-16-20-9-5-13-27(20)25(30)24-23(22(31)15-26-24)21(29)10-4-1-6-17-11-12-18-7-2-3-8-19(18)14-17/h2-3,7-8,17,20,23-24,26,28H,1,4-6,9-16H2/t17-,20-,23?,24-/m0/s1. The average Bonchev–Trinajstić information content (AvgIpc) is 3.42. The molecule has 1 aliphatic carbocycles. The monoisotopic (exact) mass is 442 g/mol. The van der Waals surface area contributed by atoms with Crippen LogP contribution in [0.5, 0.6) is 0 Å². The van der Waals surface area contributed by atoms with Crippen LogP contribution in [0, 0.1) is 11.8 Å². The number of aliphatic hydroxyl groups excluding tert-OH is 1. The van der Waals surface area contributed by atoms with Crippen molar-refractivity contribution >= 4 is 28.8 Å². The lowest BCUT2D eigenvalue weighted by molar-refractivity contribution is -0.137. The first kappa shape index (κ1) is 22.6. The van der Waals surface area contributed by atoms with Crippen molar-refractivity contribution in [3.8, 4) is 0 Å². The predicted octanol–water partition coefficient (Wildman–Crippen LogP) is 2.86. The van der Waals surface area contributed by atoms with Crippen molar-refractivity contribution in [2.24, 2.45) is 11.8 Å². The fourth-order valence-corrected chi connectivity index (χ4v) is 5.97. The van der Waals surface area contributed by atoms with Crippen LogP contribution in [0.15, 0.2) is 24.3 Å². The minimum absolute atomic E-state index is 0.0207. The second-order valence-electron chi connectivity index (χ2n) is 9.40. The average molecular weight is 443 g/mol. The van der Waals surface area contributed by atoms with E-state index in [-0.39, 0.29) is 24.3 Å². The molecule has 31 heavy (non-hydrogen) atoms. The molecule has 1 amide bonds. The lowest BCUT2D eigenvalue weighted by Gasteiger charge is -2.28. The van der Waals surface area contributed by atoms with Crippen LogP contribution in [0.2, 0.25) is 0 Å². The minimum atomic E-state index is -0.554. The maximum atomic E-state index is 13.1. The Bertz CT molecular complexity index is 827. The van der Waals surface area contributed by atoms with Crippen molar-refractivity contribution in [2.45, 2.75) is 69.9 Å². The topological polar surface area (TPSA) is 69.6 Å². The summed E-state index contributed by atoms with van der Waals surface area (Å²) in [4.78, 5) is 28.5. The molecule has 0 spiro atoms. The number of unbranched alkanes of at least 4 members (excludes halogenated alkanes) is 1. The number of nitrogens with zero attached hydrogens (tertiary/aromatic N) is 1. The van der Waals surface area contributed by atoms with Gasteiger partial charge < -0.3 is 15.3 Å². The van der Waals surface area contributed by atoms with Gasteiger partial charge in [0.1, 0.15) is 11.8 Å². The van der Waals surface area contributed by atoms with E-state index in [4.69, 9.17) is 12.2 Å². The number of thiocarbonyl (C=S) groups is 1. The molecule has 6 heteroatoms. The summed E-state index contributed by atoms with van der Waals surface area (Å²) in [6.07, 6.45) is 8.83. The summed E-state index contributed by atoms with van der Waals surface area (Å²) in [6.45, 7) is 1.08. The lowest BCUT2D eigenvalue weighted by Crippen LogP contribution is -2.50. The van der Waals surface area contributed by atoms with E-state index in [0.29, 0.717) is 30.3 Å². The molecule has 1 aromatic carbocycles. The highest BCUT2D eigenvalue weighted by Gasteiger charge is 2.44. The Hall–Kier alpha value is -1.63.